The summed E-state index contributed by atoms with van der Waals surface area (Å²) in [5, 5.41) is 0. The van der Waals surface area contributed by atoms with Crippen LogP contribution in [0.2, 0.25) is 0 Å². The summed E-state index contributed by atoms with van der Waals surface area (Å²) in [5.74, 6) is -0.263. The van der Waals surface area contributed by atoms with Crippen LogP contribution in [0, 0.1) is 0 Å². The maximum absolute atomic E-state index is 11.9. The number of rotatable bonds is 7. The first-order chi connectivity index (χ1) is 10.3. The van der Waals surface area contributed by atoms with Gasteiger partial charge in [0.25, 0.3) is 0 Å². The lowest BCUT2D eigenvalue weighted by molar-refractivity contribution is 0.0602. The summed E-state index contributed by atoms with van der Waals surface area (Å²) in [6, 6.07) is 12.0. The number of methoxy groups -OCH3 is 1. The molecule has 0 aromatic rings. The van der Waals surface area contributed by atoms with E-state index >= 15 is 0 Å². The molecule has 0 fully saturated rings. The normalized spacial score (nSPS) is 10.8. The molecule has 0 aromatic heterocycles. The van der Waals surface area contributed by atoms with E-state index in [1.807, 2.05) is 30.3 Å². The molecule has 112 valence electrons. The molecule has 0 unspecified atom stereocenters. The highest BCUT2D eigenvalue weighted by Gasteiger charge is 2.19. The zero-order valence-corrected chi connectivity index (χ0v) is 12.6. The fourth-order valence-corrected chi connectivity index (χ4v) is 2.69. The second kappa shape index (κ2) is 7.79. The van der Waals surface area contributed by atoms with Crippen LogP contribution < -0.4 is 5.73 Å². The minimum atomic E-state index is -0.263. The van der Waals surface area contributed by atoms with Crippen LogP contribution in [-0.4, -0.2) is 19.6 Å². The van der Waals surface area contributed by atoms with Crippen LogP contribution in [0.25, 0.3) is 11.1 Å². The van der Waals surface area contributed by atoms with E-state index in [0.29, 0.717) is 5.56 Å². The van der Waals surface area contributed by atoms with Crippen LogP contribution in [0.4, 0.5) is 0 Å². The van der Waals surface area contributed by atoms with E-state index < -0.39 is 0 Å². The molecule has 0 aromatic carbocycles. The van der Waals surface area contributed by atoms with Crippen molar-refractivity contribution in [1.29, 1.82) is 0 Å². The Kier molecular flexibility index (Phi) is 5.76. The van der Waals surface area contributed by atoms with Gasteiger partial charge in [-0.05, 0) is 48.6 Å². The van der Waals surface area contributed by atoms with Crippen molar-refractivity contribution in [3.63, 3.8) is 0 Å². The lowest BCUT2D eigenvalue weighted by atomic mass is 10.0. The average molecular weight is 285 g/mol. The summed E-state index contributed by atoms with van der Waals surface area (Å²) in [7, 11) is 1.43. The number of carbonyl (C=O) groups is 1. The molecule has 0 atom stereocenters. The molecule has 2 aliphatic carbocycles. The SMILES string of the molecule is COC(=O)c1cc(CCCCCCN)c2cccccc1-2. The molecule has 2 N–H and O–H groups in total. The van der Waals surface area contributed by atoms with Crippen molar-refractivity contribution < 1.29 is 9.53 Å². The zero-order valence-electron chi connectivity index (χ0n) is 12.6. The molecule has 0 aliphatic heterocycles. The molecule has 3 heteroatoms. The number of fused-ring (bicyclic) bond motifs is 1. The molecule has 0 saturated heterocycles. The number of ether oxygens (including phenoxy) is 1. The Hall–Kier alpha value is -1.87. The van der Waals surface area contributed by atoms with Crippen LogP contribution in [0.3, 0.4) is 0 Å². The van der Waals surface area contributed by atoms with Crippen molar-refractivity contribution in [3.8, 4) is 11.1 Å². The van der Waals surface area contributed by atoms with Crippen molar-refractivity contribution in [2.24, 2.45) is 5.73 Å². The van der Waals surface area contributed by atoms with E-state index in [4.69, 9.17) is 10.5 Å². The lowest BCUT2D eigenvalue weighted by Gasteiger charge is -2.02. The van der Waals surface area contributed by atoms with Gasteiger partial charge in [-0.25, -0.2) is 4.79 Å². The first kappa shape index (κ1) is 15.5. The molecule has 2 rings (SSSR count). The van der Waals surface area contributed by atoms with Crippen molar-refractivity contribution in [2.75, 3.05) is 13.7 Å². The highest BCUT2D eigenvalue weighted by atomic mass is 16.5. The van der Waals surface area contributed by atoms with Gasteiger partial charge in [0, 0.05) is 0 Å². The van der Waals surface area contributed by atoms with E-state index in [9.17, 15) is 4.79 Å². The second-order valence-corrected chi connectivity index (χ2v) is 5.27. The monoisotopic (exact) mass is 285 g/mol. The summed E-state index contributed by atoms with van der Waals surface area (Å²) < 4.78 is 4.89. The highest BCUT2D eigenvalue weighted by molar-refractivity contribution is 6.00. The third-order valence-corrected chi connectivity index (χ3v) is 3.80. The average Bonchev–Trinajstić information content (AvgIpc) is 2.69. The highest BCUT2D eigenvalue weighted by Crippen LogP contribution is 2.33. The largest absolute Gasteiger partial charge is 0.465 e. The number of hydrogen-bond donors (Lipinski definition) is 1. The van der Waals surface area contributed by atoms with Gasteiger partial charge in [-0.2, -0.15) is 0 Å². The van der Waals surface area contributed by atoms with Gasteiger partial charge in [0.05, 0.1) is 12.7 Å². The quantitative estimate of drug-likeness (QED) is 0.624. The van der Waals surface area contributed by atoms with Crippen LogP contribution in [0.1, 0.15) is 41.6 Å². The van der Waals surface area contributed by atoms with Crippen LogP contribution in [0.15, 0.2) is 36.4 Å². The molecule has 0 heterocycles. The molecular weight excluding hydrogens is 262 g/mol. The predicted molar refractivity (Wildman–Crippen MR) is 85.6 cm³/mol. The van der Waals surface area contributed by atoms with Crippen molar-refractivity contribution in [2.45, 2.75) is 32.1 Å². The molecule has 0 bridgehead atoms. The molecular formula is C18H23NO2. The smallest absolute Gasteiger partial charge is 0.338 e. The molecule has 0 amide bonds. The number of nitrogens with two attached hydrogens (primary N) is 1. The van der Waals surface area contributed by atoms with Gasteiger partial charge in [-0.3, -0.25) is 0 Å². The molecule has 2 aliphatic rings. The predicted octanol–water partition coefficient (Wildman–Crippen LogP) is 3.64. The Morgan fingerprint density at radius 2 is 1.76 bits per heavy atom. The first-order valence-electron chi connectivity index (χ1n) is 7.57. The molecule has 0 spiro atoms. The van der Waals surface area contributed by atoms with Gasteiger partial charge >= 0.3 is 5.97 Å². The lowest BCUT2D eigenvalue weighted by Crippen LogP contribution is -2.00. The second-order valence-electron chi connectivity index (χ2n) is 5.27. The van der Waals surface area contributed by atoms with E-state index in [1.54, 1.807) is 0 Å². The Labute approximate surface area is 126 Å². The number of aryl methyl sites for hydroxylation is 1. The third-order valence-electron chi connectivity index (χ3n) is 3.80. The number of esters is 1. The maximum Gasteiger partial charge on any atom is 0.338 e. The minimum absolute atomic E-state index is 0.263. The topological polar surface area (TPSA) is 52.3 Å². The summed E-state index contributed by atoms with van der Waals surface area (Å²) in [6.07, 6.45) is 5.55. The standard InChI is InChI=1S/C18H23NO2/c1-21-18(20)17-13-14(9-5-2-3-8-12-19)15-10-6-4-7-11-16(15)17/h4,6-7,10-11,13H,2-3,5,8-9,12,19H2,1H3. The summed E-state index contributed by atoms with van der Waals surface area (Å²) in [6.45, 7) is 0.766. The Balaban J connectivity index is 2.18. The Morgan fingerprint density at radius 3 is 2.48 bits per heavy atom. The maximum atomic E-state index is 11.9. The summed E-state index contributed by atoms with van der Waals surface area (Å²) in [5.41, 5.74) is 9.54. The fraction of sp³-hybridized carbons (Fsp3) is 0.389. The summed E-state index contributed by atoms with van der Waals surface area (Å²) >= 11 is 0. The molecule has 3 nitrogen and oxygen atoms in total. The number of hydrogen-bond acceptors (Lipinski definition) is 3. The first-order valence-corrected chi connectivity index (χ1v) is 7.57. The van der Waals surface area contributed by atoms with Gasteiger partial charge in [-0.1, -0.05) is 43.2 Å². The number of unbranched alkanes of at least 4 members (excludes halogenated alkanes) is 3. The van der Waals surface area contributed by atoms with Gasteiger partial charge in [-0.15, -0.1) is 0 Å². The van der Waals surface area contributed by atoms with E-state index in [2.05, 4.69) is 6.07 Å². The molecule has 0 saturated carbocycles. The molecule has 0 radical (unpaired) electrons. The zero-order chi connectivity index (χ0) is 15.1. The van der Waals surface area contributed by atoms with Crippen molar-refractivity contribution in [1.82, 2.24) is 0 Å². The van der Waals surface area contributed by atoms with Gasteiger partial charge in [0.2, 0.25) is 0 Å². The molecule has 21 heavy (non-hydrogen) atoms. The van der Waals surface area contributed by atoms with E-state index in [1.165, 1.54) is 25.5 Å². The summed E-state index contributed by atoms with van der Waals surface area (Å²) in [4.78, 5) is 11.9. The van der Waals surface area contributed by atoms with Crippen LogP contribution >= 0.6 is 0 Å². The van der Waals surface area contributed by atoms with Crippen molar-refractivity contribution in [3.05, 3.63) is 47.5 Å². The minimum Gasteiger partial charge on any atom is -0.465 e. The van der Waals surface area contributed by atoms with Gasteiger partial charge in [0.15, 0.2) is 0 Å². The van der Waals surface area contributed by atoms with Crippen molar-refractivity contribution >= 4 is 5.97 Å². The Bertz CT molecular complexity index is 565. The third kappa shape index (κ3) is 3.82. The van der Waals surface area contributed by atoms with Crippen LogP contribution in [-0.2, 0) is 11.2 Å². The van der Waals surface area contributed by atoms with E-state index in [-0.39, 0.29) is 5.97 Å². The number of carbonyl (C=O) groups excluding carboxylic acids is 1. The Morgan fingerprint density at radius 1 is 1.05 bits per heavy atom. The van der Waals surface area contributed by atoms with Crippen LogP contribution in [0.5, 0.6) is 0 Å². The fourth-order valence-electron chi connectivity index (χ4n) is 2.69. The van der Waals surface area contributed by atoms with Gasteiger partial charge < -0.3 is 10.5 Å². The van der Waals surface area contributed by atoms with E-state index in [0.717, 1.165) is 36.9 Å². The van der Waals surface area contributed by atoms with Gasteiger partial charge in [0.1, 0.15) is 0 Å².